The zero-order valence-electron chi connectivity index (χ0n) is 11.1. The van der Waals surface area contributed by atoms with Gasteiger partial charge in [-0.3, -0.25) is 0 Å². The zero-order chi connectivity index (χ0) is 13.2. The molecule has 3 N–H and O–H groups in total. The molecular weight excluding hydrogens is 228 g/mol. The van der Waals surface area contributed by atoms with Crippen LogP contribution in [0.5, 0.6) is 5.75 Å². The Morgan fingerprint density at radius 3 is 2.78 bits per heavy atom. The number of nitrogens with two attached hydrogens (primary N) is 1. The van der Waals surface area contributed by atoms with Gasteiger partial charge in [0.2, 0.25) is 0 Å². The molecule has 100 valence electrons. The lowest BCUT2D eigenvalue weighted by atomic mass is 9.97. The molecule has 1 aliphatic rings. The molecule has 0 spiro atoms. The van der Waals surface area contributed by atoms with Crippen LogP contribution in [0.25, 0.3) is 0 Å². The van der Waals surface area contributed by atoms with Gasteiger partial charge in [-0.2, -0.15) is 0 Å². The van der Waals surface area contributed by atoms with E-state index in [2.05, 4.69) is 0 Å². The summed E-state index contributed by atoms with van der Waals surface area (Å²) < 4.78 is 5.21. The second-order valence-corrected chi connectivity index (χ2v) is 5.14. The van der Waals surface area contributed by atoms with Gasteiger partial charge >= 0.3 is 0 Å². The largest absolute Gasteiger partial charge is 0.497 e. The number of aliphatic hydroxyl groups is 1. The number of methoxy groups -OCH3 is 1. The minimum absolute atomic E-state index is 0.311. The van der Waals surface area contributed by atoms with E-state index in [0.29, 0.717) is 19.0 Å². The second kappa shape index (κ2) is 5.16. The lowest BCUT2D eigenvalue weighted by Crippen LogP contribution is -2.49. The zero-order valence-corrected chi connectivity index (χ0v) is 11.1. The molecule has 18 heavy (non-hydrogen) atoms. The molecule has 1 saturated carbocycles. The molecule has 4 nitrogen and oxygen atoms in total. The van der Waals surface area contributed by atoms with Crippen molar-refractivity contribution in [3.05, 3.63) is 24.3 Å². The van der Waals surface area contributed by atoms with E-state index in [1.165, 1.54) is 0 Å². The van der Waals surface area contributed by atoms with Gasteiger partial charge in [0.05, 0.1) is 12.7 Å². The highest BCUT2D eigenvalue weighted by Crippen LogP contribution is 2.40. The maximum Gasteiger partial charge on any atom is 0.120 e. The number of rotatable bonds is 6. The molecule has 4 heteroatoms. The fourth-order valence-corrected chi connectivity index (χ4v) is 2.33. The number of likely N-dealkylation sites (N-methyl/N-ethyl adjacent to an activating group) is 1. The summed E-state index contributed by atoms with van der Waals surface area (Å²) in [6, 6.07) is 7.83. The van der Waals surface area contributed by atoms with Crippen LogP contribution < -0.4 is 15.4 Å². The molecule has 0 heterocycles. The van der Waals surface area contributed by atoms with Gasteiger partial charge in [0.1, 0.15) is 5.75 Å². The smallest absolute Gasteiger partial charge is 0.120 e. The molecule has 1 aromatic carbocycles. The predicted molar refractivity (Wildman–Crippen MR) is 73.0 cm³/mol. The van der Waals surface area contributed by atoms with Crippen LogP contribution in [0.1, 0.15) is 12.8 Å². The van der Waals surface area contributed by atoms with E-state index in [1.54, 1.807) is 7.11 Å². The highest BCUT2D eigenvalue weighted by atomic mass is 16.5. The minimum atomic E-state index is -0.766. The van der Waals surface area contributed by atoms with Crippen molar-refractivity contribution in [1.82, 2.24) is 0 Å². The van der Waals surface area contributed by atoms with E-state index in [-0.39, 0.29) is 0 Å². The molecule has 0 bridgehead atoms. The predicted octanol–water partition coefficient (Wildman–Crippen LogP) is 1.23. The van der Waals surface area contributed by atoms with Crippen molar-refractivity contribution in [2.75, 3.05) is 32.1 Å². The molecule has 0 radical (unpaired) electrons. The average Bonchev–Trinajstić information content (AvgIpc) is 3.23. The van der Waals surface area contributed by atoms with Crippen LogP contribution in [0.15, 0.2) is 24.3 Å². The number of hydrogen-bond acceptors (Lipinski definition) is 4. The third kappa shape index (κ3) is 2.76. The number of nitrogens with zero attached hydrogens (tertiary/aromatic N) is 1. The van der Waals surface area contributed by atoms with Crippen molar-refractivity contribution in [1.29, 1.82) is 0 Å². The molecule has 1 aliphatic carbocycles. The van der Waals surface area contributed by atoms with Crippen LogP contribution in [-0.4, -0.2) is 38.0 Å². The minimum Gasteiger partial charge on any atom is -0.497 e. The standard InChI is InChI=1S/C14H22N2O2/c1-16(10-14(17,9-15)11-6-7-11)12-4-3-5-13(8-12)18-2/h3-5,8,11,17H,6-7,9-10,15H2,1-2H3. The molecule has 1 fully saturated rings. The Morgan fingerprint density at radius 1 is 1.50 bits per heavy atom. The van der Waals surface area contributed by atoms with E-state index in [1.807, 2.05) is 36.2 Å². The first-order chi connectivity index (χ1) is 8.59. The lowest BCUT2D eigenvalue weighted by molar-refractivity contribution is 0.0344. The Kier molecular flexibility index (Phi) is 3.78. The van der Waals surface area contributed by atoms with E-state index in [0.717, 1.165) is 24.3 Å². The van der Waals surface area contributed by atoms with Gasteiger partial charge < -0.3 is 20.5 Å². The molecule has 1 unspecified atom stereocenters. The van der Waals surface area contributed by atoms with Gasteiger partial charge in [-0.25, -0.2) is 0 Å². The van der Waals surface area contributed by atoms with Crippen LogP contribution in [0.4, 0.5) is 5.69 Å². The van der Waals surface area contributed by atoms with Gasteiger partial charge in [0.15, 0.2) is 0 Å². The van der Waals surface area contributed by atoms with Gasteiger partial charge in [0, 0.05) is 31.9 Å². The van der Waals surface area contributed by atoms with E-state index in [4.69, 9.17) is 10.5 Å². The first-order valence-corrected chi connectivity index (χ1v) is 6.36. The monoisotopic (exact) mass is 250 g/mol. The summed E-state index contributed by atoms with van der Waals surface area (Å²) >= 11 is 0. The van der Waals surface area contributed by atoms with Gasteiger partial charge in [-0.15, -0.1) is 0 Å². The van der Waals surface area contributed by atoms with Gasteiger partial charge in [0.25, 0.3) is 0 Å². The Labute approximate surface area is 108 Å². The van der Waals surface area contributed by atoms with Crippen molar-refractivity contribution in [3.63, 3.8) is 0 Å². The van der Waals surface area contributed by atoms with Crippen molar-refractivity contribution in [2.24, 2.45) is 11.7 Å². The van der Waals surface area contributed by atoms with Crippen LogP contribution in [0.2, 0.25) is 0 Å². The van der Waals surface area contributed by atoms with Gasteiger partial charge in [-0.1, -0.05) is 6.07 Å². The van der Waals surface area contributed by atoms with Crippen LogP contribution >= 0.6 is 0 Å². The lowest BCUT2D eigenvalue weighted by Gasteiger charge is -2.32. The number of ether oxygens (including phenoxy) is 1. The summed E-state index contributed by atoms with van der Waals surface area (Å²) in [5.41, 5.74) is 5.99. The maximum atomic E-state index is 10.5. The third-order valence-electron chi connectivity index (χ3n) is 3.70. The topological polar surface area (TPSA) is 58.7 Å². The SMILES string of the molecule is COc1cccc(N(C)CC(O)(CN)C2CC2)c1. The normalized spacial score (nSPS) is 18.2. The summed E-state index contributed by atoms with van der Waals surface area (Å²) in [4.78, 5) is 2.04. The average molecular weight is 250 g/mol. The number of hydrogen-bond donors (Lipinski definition) is 2. The van der Waals surface area contributed by atoms with E-state index < -0.39 is 5.60 Å². The molecule has 0 aliphatic heterocycles. The van der Waals surface area contributed by atoms with Crippen molar-refractivity contribution >= 4 is 5.69 Å². The summed E-state index contributed by atoms with van der Waals surface area (Å²) in [6.45, 7) is 0.868. The summed E-state index contributed by atoms with van der Waals surface area (Å²) in [7, 11) is 3.62. The van der Waals surface area contributed by atoms with E-state index >= 15 is 0 Å². The Morgan fingerprint density at radius 2 is 2.22 bits per heavy atom. The summed E-state index contributed by atoms with van der Waals surface area (Å²) in [5.74, 6) is 1.18. The first kappa shape index (κ1) is 13.2. The quantitative estimate of drug-likeness (QED) is 0.797. The van der Waals surface area contributed by atoms with Crippen molar-refractivity contribution in [2.45, 2.75) is 18.4 Å². The highest BCUT2D eigenvalue weighted by Gasteiger charge is 2.43. The molecule has 0 amide bonds. The summed E-state index contributed by atoms with van der Waals surface area (Å²) in [6.07, 6.45) is 2.17. The maximum absolute atomic E-state index is 10.5. The Bertz CT molecular complexity index is 407. The van der Waals surface area contributed by atoms with Crippen LogP contribution in [0, 0.1) is 5.92 Å². The fraction of sp³-hybridized carbons (Fsp3) is 0.571. The molecule has 1 aromatic rings. The molecular formula is C14H22N2O2. The Hall–Kier alpha value is -1.26. The van der Waals surface area contributed by atoms with Crippen LogP contribution in [0.3, 0.4) is 0 Å². The number of anilines is 1. The molecule has 0 aromatic heterocycles. The van der Waals surface area contributed by atoms with Crippen molar-refractivity contribution in [3.8, 4) is 5.75 Å². The molecule has 2 rings (SSSR count). The van der Waals surface area contributed by atoms with Crippen molar-refractivity contribution < 1.29 is 9.84 Å². The van der Waals surface area contributed by atoms with E-state index in [9.17, 15) is 5.11 Å². The van der Waals surface area contributed by atoms with Gasteiger partial charge in [-0.05, 0) is 30.9 Å². The molecule has 1 atom stereocenters. The van der Waals surface area contributed by atoms with Crippen LogP contribution in [-0.2, 0) is 0 Å². The summed E-state index contributed by atoms with van der Waals surface area (Å²) in [5, 5.41) is 10.5. The Balaban J connectivity index is 2.08. The fourth-order valence-electron chi connectivity index (χ4n) is 2.33. The first-order valence-electron chi connectivity index (χ1n) is 6.36. The highest BCUT2D eigenvalue weighted by molar-refractivity contribution is 5.50. The number of benzene rings is 1. The second-order valence-electron chi connectivity index (χ2n) is 5.14. The third-order valence-corrected chi connectivity index (χ3v) is 3.70. The molecule has 0 saturated heterocycles.